The van der Waals surface area contributed by atoms with Crippen molar-refractivity contribution in [2.24, 2.45) is 0 Å². The summed E-state index contributed by atoms with van der Waals surface area (Å²) in [5, 5.41) is 6.73. The van der Waals surface area contributed by atoms with Gasteiger partial charge in [-0.3, -0.25) is 14.8 Å². The molecule has 1 heterocycles. The van der Waals surface area contributed by atoms with Crippen molar-refractivity contribution in [1.82, 2.24) is 15.1 Å². The molecule has 6 heteroatoms. The van der Waals surface area contributed by atoms with Gasteiger partial charge in [0.1, 0.15) is 5.82 Å². The third kappa shape index (κ3) is 4.22. The number of anilines is 1. The van der Waals surface area contributed by atoms with Gasteiger partial charge in [-0.2, -0.15) is 5.10 Å². The third-order valence-electron chi connectivity index (χ3n) is 3.91. The van der Waals surface area contributed by atoms with Gasteiger partial charge < -0.3 is 5.73 Å². The van der Waals surface area contributed by atoms with E-state index in [2.05, 4.69) is 22.0 Å². The number of nitrogens with one attached hydrogen (secondary N) is 1. The zero-order chi connectivity index (χ0) is 19.4. The van der Waals surface area contributed by atoms with Gasteiger partial charge in [-0.15, -0.1) is 0 Å². The van der Waals surface area contributed by atoms with Crippen LogP contribution in [0.5, 0.6) is 0 Å². The van der Waals surface area contributed by atoms with E-state index in [0.717, 1.165) is 5.56 Å². The largest absolute Gasteiger partial charge is 0.382 e. The summed E-state index contributed by atoms with van der Waals surface area (Å²) in [6.45, 7) is 0.627. The molecule has 3 aromatic rings. The van der Waals surface area contributed by atoms with Crippen molar-refractivity contribution in [3.8, 4) is 23.1 Å². The highest BCUT2D eigenvalue weighted by atomic mass is 19.1. The van der Waals surface area contributed by atoms with Crippen molar-refractivity contribution < 1.29 is 9.18 Å². The van der Waals surface area contributed by atoms with E-state index in [1.165, 1.54) is 12.1 Å². The summed E-state index contributed by atoms with van der Waals surface area (Å²) in [4.78, 5) is 15.0. The first kappa shape index (κ1) is 18.4. The van der Waals surface area contributed by atoms with Crippen LogP contribution in [0.2, 0.25) is 0 Å². The zero-order valence-electron chi connectivity index (χ0n) is 15.1. The molecule has 5 nitrogen and oxygen atoms in total. The maximum Gasteiger partial charge on any atom is 0.199 e. The van der Waals surface area contributed by atoms with Gasteiger partial charge >= 0.3 is 0 Å². The van der Waals surface area contributed by atoms with Crippen LogP contribution in [0.1, 0.15) is 21.5 Å². The zero-order valence-corrected chi connectivity index (χ0v) is 15.1. The van der Waals surface area contributed by atoms with Crippen molar-refractivity contribution in [2.45, 2.75) is 0 Å². The van der Waals surface area contributed by atoms with E-state index >= 15 is 0 Å². The second kappa shape index (κ2) is 7.85. The molecule has 1 aromatic heterocycles. The summed E-state index contributed by atoms with van der Waals surface area (Å²) in [5.74, 6) is 5.56. The number of carbonyl (C=O) groups excluding carboxylic acids is 1. The Morgan fingerprint density at radius 1 is 1.22 bits per heavy atom. The molecule has 0 spiro atoms. The molecule has 0 radical (unpaired) electrons. The molecular weight excluding hydrogens is 343 g/mol. The van der Waals surface area contributed by atoms with E-state index in [1.54, 1.807) is 30.3 Å². The molecule has 27 heavy (non-hydrogen) atoms. The van der Waals surface area contributed by atoms with Gasteiger partial charge in [0.2, 0.25) is 0 Å². The van der Waals surface area contributed by atoms with Crippen LogP contribution in [0.4, 0.5) is 10.2 Å². The Balaban J connectivity index is 1.96. The number of ketones is 1. The number of rotatable bonds is 4. The predicted molar refractivity (Wildman–Crippen MR) is 104 cm³/mol. The Kier molecular flexibility index (Phi) is 5.34. The lowest BCUT2D eigenvalue weighted by Gasteiger charge is -2.05. The van der Waals surface area contributed by atoms with Crippen LogP contribution < -0.4 is 5.73 Å². The molecule has 0 fully saturated rings. The van der Waals surface area contributed by atoms with Gasteiger partial charge in [0, 0.05) is 16.7 Å². The molecule has 0 unspecified atom stereocenters. The number of H-pyrrole nitrogens is 1. The van der Waals surface area contributed by atoms with E-state index in [0.29, 0.717) is 23.4 Å². The fourth-order valence-corrected chi connectivity index (χ4v) is 2.59. The average molecular weight is 362 g/mol. The standard InChI is InChI=1S/C21H19FN4O/c1-26(2)12-4-6-14-5-3-7-16(13-14)20(27)18-19(24-25-21(18)23)15-8-10-17(22)11-9-15/h3,5,7-11,13H,12H2,1-2H3,(H3,23,24,25). The number of nitrogens with zero attached hydrogens (tertiary/aromatic N) is 2. The van der Waals surface area contributed by atoms with E-state index in [4.69, 9.17) is 5.73 Å². The van der Waals surface area contributed by atoms with E-state index < -0.39 is 0 Å². The second-order valence-corrected chi connectivity index (χ2v) is 6.32. The summed E-state index contributed by atoms with van der Waals surface area (Å²) in [5.41, 5.74) is 8.49. The average Bonchev–Trinajstić information content (AvgIpc) is 3.03. The maximum atomic E-state index is 13.2. The number of hydrogen-bond donors (Lipinski definition) is 2. The van der Waals surface area contributed by atoms with Crippen LogP contribution in [-0.2, 0) is 0 Å². The quantitative estimate of drug-likeness (QED) is 0.553. The SMILES string of the molecule is CN(C)CC#Cc1cccc(C(=O)c2c(N)n[nH]c2-c2ccc(F)cc2)c1. The topological polar surface area (TPSA) is 75.0 Å². The first-order valence-electron chi connectivity index (χ1n) is 8.34. The molecule has 3 N–H and O–H groups in total. The Morgan fingerprint density at radius 3 is 2.67 bits per heavy atom. The van der Waals surface area contributed by atoms with E-state index in [1.807, 2.05) is 25.1 Å². The van der Waals surface area contributed by atoms with Crippen LogP contribution in [0.15, 0.2) is 48.5 Å². The Morgan fingerprint density at radius 2 is 1.96 bits per heavy atom. The molecule has 2 aromatic carbocycles. The summed E-state index contributed by atoms with van der Waals surface area (Å²) in [7, 11) is 3.88. The first-order valence-corrected chi connectivity index (χ1v) is 8.34. The smallest absolute Gasteiger partial charge is 0.199 e. The Bertz CT molecular complexity index is 1030. The molecule has 0 aliphatic carbocycles. The lowest BCUT2D eigenvalue weighted by atomic mass is 9.98. The number of aromatic amines is 1. The molecule has 0 amide bonds. The predicted octanol–water partition coefficient (Wildman–Crippen LogP) is 2.94. The van der Waals surface area contributed by atoms with Crippen molar-refractivity contribution >= 4 is 11.6 Å². The fourth-order valence-electron chi connectivity index (χ4n) is 2.59. The summed E-state index contributed by atoms with van der Waals surface area (Å²) in [6, 6.07) is 12.8. The minimum Gasteiger partial charge on any atom is -0.382 e. The molecule has 0 saturated heterocycles. The van der Waals surface area contributed by atoms with Crippen molar-refractivity contribution in [2.75, 3.05) is 26.4 Å². The van der Waals surface area contributed by atoms with Crippen LogP contribution in [-0.4, -0.2) is 41.5 Å². The van der Waals surface area contributed by atoms with Crippen LogP contribution in [0.25, 0.3) is 11.3 Å². The van der Waals surface area contributed by atoms with Crippen molar-refractivity contribution in [3.63, 3.8) is 0 Å². The van der Waals surface area contributed by atoms with Gasteiger partial charge in [0.25, 0.3) is 0 Å². The monoisotopic (exact) mass is 362 g/mol. The Hall–Kier alpha value is -3.43. The fraction of sp³-hybridized carbons (Fsp3) is 0.143. The highest BCUT2D eigenvalue weighted by Gasteiger charge is 2.21. The highest BCUT2D eigenvalue weighted by Crippen LogP contribution is 2.28. The third-order valence-corrected chi connectivity index (χ3v) is 3.91. The molecule has 136 valence electrons. The molecule has 0 atom stereocenters. The van der Waals surface area contributed by atoms with Gasteiger partial charge in [-0.05, 0) is 50.5 Å². The molecule has 0 aliphatic rings. The van der Waals surface area contributed by atoms with Gasteiger partial charge in [-0.1, -0.05) is 24.0 Å². The van der Waals surface area contributed by atoms with Gasteiger partial charge in [0.15, 0.2) is 11.6 Å². The van der Waals surface area contributed by atoms with E-state index in [-0.39, 0.29) is 23.0 Å². The summed E-state index contributed by atoms with van der Waals surface area (Å²) >= 11 is 0. The Labute approximate surface area is 157 Å². The van der Waals surface area contributed by atoms with Crippen LogP contribution in [0.3, 0.4) is 0 Å². The number of halogens is 1. The second-order valence-electron chi connectivity index (χ2n) is 6.32. The molecule has 0 bridgehead atoms. The van der Waals surface area contributed by atoms with E-state index in [9.17, 15) is 9.18 Å². The number of carbonyl (C=O) groups is 1. The minimum atomic E-state index is -0.358. The number of aromatic nitrogens is 2. The lowest BCUT2D eigenvalue weighted by molar-refractivity contribution is 0.104. The van der Waals surface area contributed by atoms with Crippen molar-refractivity contribution in [3.05, 3.63) is 71.0 Å². The molecule has 0 aliphatic heterocycles. The van der Waals surface area contributed by atoms with Gasteiger partial charge in [0.05, 0.1) is 17.8 Å². The molecule has 3 rings (SSSR count). The number of nitrogens with two attached hydrogens (primary N) is 1. The molecule has 0 saturated carbocycles. The number of benzene rings is 2. The van der Waals surface area contributed by atoms with Crippen LogP contribution in [0, 0.1) is 17.7 Å². The number of hydrogen-bond acceptors (Lipinski definition) is 4. The van der Waals surface area contributed by atoms with Crippen molar-refractivity contribution in [1.29, 1.82) is 0 Å². The normalized spacial score (nSPS) is 10.5. The lowest BCUT2D eigenvalue weighted by Crippen LogP contribution is -2.10. The van der Waals surface area contributed by atoms with Crippen LogP contribution >= 0.6 is 0 Å². The maximum absolute atomic E-state index is 13.2. The summed E-state index contributed by atoms with van der Waals surface area (Å²) in [6.07, 6.45) is 0. The summed E-state index contributed by atoms with van der Waals surface area (Å²) < 4.78 is 13.2. The minimum absolute atomic E-state index is 0.100. The first-order chi connectivity index (χ1) is 13.0. The van der Waals surface area contributed by atoms with Gasteiger partial charge in [-0.25, -0.2) is 4.39 Å². The highest BCUT2D eigenvalue weighted by molar-refractivity contribution is 6.15. The number of nitrogen functional groups attached to an aromatic ring is 1. The molecular formula is C21H19FN4O.